The fourth-order valence-corrected chi connectivity index (χ4v) is 12.6. The summed E-state index contributed by atoms with van der Waals surface area (Å²) in [5.74, 6) is -4.60. The molecule has 7 rings (SSSR count). The van der Waals surface area contributed by atoms with E-state index in [1.807, 2.05) is 19.9 Å². The number of fused-ring (bicyclic) bond motifs is 1. The molecule has 1 aromatic heterocycles. The zero-order valence-corrected chi connectivity index (χ0v) is 41.6. The summed E-state index contributed by atoms with van der Waals surface area (Å²) < 4.78 is 34.6. The molecule has 378 valence electrons. The molecule has 3 aliphatic rings. The van der Waals surface area contributed by atoms with E-state index in [4.69, 9.17) is 21.4 Å². The van der Waals surface area contributed by atoms with Crippen LogP contribution in [-0.4, -0.2) is 113 Å². The zero-order valence-electron chi connectivity index (χ0n) is 39.2. The Balaban J connectivity index is 0.809. The molecule has 0 saturated carbocycles. The molecule has 2 saturated heterocycles. The molecule has 4 heterocycles. The van der Waals surface area contributed by atoms with Crippen molar-refractivity contribution in [2.45, 2.75) is 102 Å². The quantitative estimate of drug-likeness (QED) is 0.0337. The molecule has 0 spiro atoms. The van der Waals surface area contributed by atoms with Gasteiger partial charge < -0.3 is 41.1 Å². The number of halogens is 1. The molecular formula is C49H56ClN7O12S2. The number of hydrogen-bond donors (Lipinski definition) is 7. The van der Waals surface area contributed by atoms with E-state index in [0.29, 0.717) is 76.4 Å². The van der Waals surface area contributed by atoms with Crippen molar-refractivity contribution >= 4 is 91.5 Å². The average Bonchev–Trinajstić information content (AvgIpc) is 3.82. The van der Waals surface area contributed by atoms with Gasteiger partial charge in [-0.1, -0.05) is 54.8 Å². The summed E-state index contributed by atoms with van der Waals surface area (Å²) in [5.41, 5.74) is 3.33. The lowest BCUT2D eigenvalue weighted by Gasteiger charge is -2.45. The number of aromatic carboxylic acids is 1. The summed E-state index contributed by atoms with van der Waals surface area (Å²) in [6.07, 6.45) is 4.54. The number of carbonyl (C=O) groups is 7. The number of sulfonamides is 1. The maximum atomic E-state index is 13.9. The van der Waals surface area contributed by atoms with Gasteiger partial charge in [0.2, 0.25) is 33.7 Å². The standard InChI is InChI=1S/C49H56ClN7O12S2/c1-49(2)24-33(53-32-13-8-11-30(23-32)44-42(50)43(69-27-41(61)62)45(70-44)48(65)66)19-21-57(49)71(67,68)28-29-10-7-12-31(22-29)54-38(58)16-5-3-4-6-20-51-40(60)25-52-36-15-9-14-34-35(36)26-56(47(34)64)37-17-18-39(59)55-46(37)63/h7-15,22-23,33,37,52-53H,3-6,16-21,24-28H2,1-2H3,(H,51,60)(H,54,58)(H,61,62)(H,65,66)(H,55,59,63)/t33-,37?/m0/s1. The molecule has 5 amide bonds. The second kappa shape index (κ2) is 22.7. The van der Waals surface area contributed by atoms with E-state index in [1.54, 1.807) is 60.7 Å². The van der Waals surface area contributed by atoms with Crippen LogP contribution in [0, 0.1) is 0 Å². The van der Waals surface area contributed by atoms with E-state index in [1.165, 1.54) is 9.21 Å². The zero-order chi connectivity index (χ0) is 51.0. The van der Waals surface area contributed by atoms with E-state index in [2.05, 4.69) is 26.6 Å². The minimum Gasteiger partial charge on any atom is -0.479 e. The lowest BCUT2D eigenvalue weighted by Crippen LogP contribution is -2.55. The van der Waals surface area contributed by atoms with Crippen LogP contribution in [0.4, 0.5) is 17.1 Å². The van der Waals surface area contributed by atoms with Crippen molar-refractivity contribution in [1.82, 2.24) is 19.8 Å². The second-order valence-corrected chi connectivity index (χ2v) is 21.6. The lowest BCUT2D eigenvalue weighted by molar-refractivity contribution is -0.139. The molecule has 2 fully saturated rings. The van der Waals surface area contributed by atoms with Crippen molar-refractivity contribution in [3.63, 3.8) is 0 Å². The van der Waals surface area contributed by atoms with Gasteiger partial charge in [0.05, 0.1) is 17.2 Å². The number of aliphatic carboxylic acids is 1. The number of nitrogens with one attached hydrogen (secondary N) is 5. The number of amides is 5. The van der Waals surface area contributed by atoms with Crippen molar-refractivity contribution in [2.24, 2.45) is 0 Å². The largest absolute Gasteiger partial charge is 0.479 e. The molecule has 19 nitrogen and oxygen atoms in total. The lowest BCUT2D eigenvalue weighted by atomic mass is 9.89. The predicted octanol–water partition coefficient (Wildman–Crippen LogP) is 6.29. The summed E-state index contributed by atoms with van der Waals surface area (Å²) in [5, 5.41) is 33.4. The Hall–Kier alpha value is -6.55. The number of carbonyl (C=O) groups excluding carboxylic acids is 5. The molecule has 1 unspecified atom stereocenters. The number of rotatable bonds is 22. The Kier molecular flexibility index (Phi) is 16.7. The van der Waals surface area contributed by atoms with Gasteiger partial charge in [0.1, 0.15) is 11.1 Å². The summed E-state index contributed by atoms with van der Waals surface area (Å²) in [6.45, 7) is 3.88. The normalized spacial score (nSPS) is 17.8. The third kappa shape index (κ3) is 13.1. The van der Waals surface area contributed by atoms with Crippen LogP contribution >= 0.6 is 22.9 Å². The van der Waals surface area contributed by atoms with Crippen molar-refractivity contribution < 1.29 is 56.9 Å². The number of nitrogens with zero attached hydrogens (tertiary/aromatic N) is 2. The maximum absolute atomic E-state index is 13.9. The van der Waals surface area contributed by atoms with E-state index in [9.17, 15) is 47.1 Å². The van der Waals surface area contributed by atoms with Crippen LogP contribution in [0.1, 0.15) is 103 Å². The Morgan fingerprint density at radius 3 is 2.42 bits per heavy atom. The summed E-state index contributed by atoms with van der Waals surface area (Å²) in [6, 6.07) is 18.3. The van der Waals surface area contributed by atoms with Gasteiger partial charge in [-0.15, -0.1) is 11.3 Å². The molecule has 4 aromatic rings. The van der Waals surface area contributed by atoms with Gasteiger partial charge in [-0.2, -0.15) is 4.31 Å². The van der Waals surface area contributed by atoms with Crippen LogP contribution in [-0.2, 0) is 46.3 Å². The van der Waals surface area contributed by atoms with Gasteiger partial charge >= 0.3 is 11.9 Å². The monoisotopic (exact) mass is 1030 g/mol. The van der Waals surface area contributed by atoms with Gasteiger partial charge in [0.15, 0.2) is 17.2 Å². The predicted molar refractivity (Wildman–Crippen MR) is 267 cm³/mol. The Bertz CT molecular complexity index is 2840. The summed E-state index contributed by atoms with van der Waals surface area (Å²) in [4.78, 5) is 87.2. The van der Waals surface area contributed by atoms with Crippen LogP contribution in [0.25, 0.3) is 10.4 Å². The number of unbranched alkanes of at least 4 members (excludes halogenated alkanes) is 3. The number of imide groups is 1. The molecule has 22 heteroatoms. The number of benzene rings is 3. The third-order valence-corrected chi connectivity index (χ3v) is 16.2. The van der Waals surface area contributed by atoms with Gasteiger partial charge in [0.25, 0.3) is 5.91 Å². The van der Waals surface area contributed by atoms with Crippen molar-refractivity contribution in [3.8, 4) is 16.2 Å². The van der Waals surface area contributed by atoms with Gasteiger partial charge in [-0.25, -0.2) is 18.0 Å². The molecule has 3 aromatic carbocycles. The molecule has 3 aliphatic heterocycles. The molecule has 0 aliphatic carbocycles. The van der Waals surface area contributed by atoms with Crippen molar-refractivity contribution in [3.05, 3.63) is 93.3 Å². The summed E-state index contributed by atoms with van der Waals surface area (Å²) in [7, 11) is -3.79. The fraction of sp³-hybridized carbons (Fsp3) is 0.408. The first-order valence-corrected chi connectivity index (χ1v) is 26.0. The van der Waals surface area contributed by atoms with Crippen LogP contribution in [0.15, 0.2) is 66.7 Å². The second-order valence-electron chi connectivity index (χ2n) is 18.3. The highest BCUT2D eigenvalue weighted by Crippen LogP contribution is 2.46. The first-order valence-electron chi connectivity index (χ1n) is 23.2. The third-order valence-electron chi connectivity index (χ3n) is 12.5. The number of anilines is 3. The first kappa shape index (κ1) is 52.3. The summed E-state index contributed by atoms with van der Waals surface area (Å²) >= 11 is 7.39. The number of carboxylic acid groups (broad SMARTS) is 2. The maximum Gasteiger partial charge on any atom is 0.349 e. The first-order chi connectivity index (χ1) is 33.8. The van der Waals surface area contributed by atoms with Crippen molar-refractivity contribution in [1.29, 1.82) is 0 Å². The Morgan fingerprint density at radius 2 is 1.68 bits per heavy atom. The molecule has 0 radical (unpaired) electrons. The number of ether oxygens (including phenoxy) is 1. The minimum atomic E-state index is -3.79. The van der Waals surface area contributed by atoms with Crippen molar-refractivity contribution in [2.75, 3.05) is 42.2 Å². The average molecular weight is 1030 g/mol. The molecule has 2 atom stereocenters. The Labute approximate surface area is 419 Å². The van der Waals surface area contributed by atoms with E-state index < -0.39 is 46.1 Å². The van der Waals surface area contributed by atoms with Gasteiger partial charge in [0, 0.05) is 72.2 Å². The molecule has 7 N–H and O–H groups in total. The number of carboxylic acids is 2. The number of thiophene rings is 1. The fourth-order valence-electron chi connectivity index (χ4n) is 9.22. The van der Waals surface area contributed by atoms with Crippen LogP contribution in [0.2, 0.25) is 5.02 Å². The number of hydrogen-bond acceptors (Lipinski definition) is 13. The number of piperidine rings is 2. The van der Waals surface area contributed by atoms with Gasteiger partial charge in [-0.05, 0) is 93.5 Å². The minimum absolute atomic E-state index is 0.00536. The smallest absolute Gasteiger partial charge is 0.349 e. The molecule has 0 bridgehead atoms. The topological polar surface area (TPSA) is 270 Å². The highest BCUT2D eigenvalue weighted by molar-refractivity contribution is 7.88. The van der Waals surface area contributed by atoms with E-state index in [-0.39, 0.29) is 90.0 Å². The Morgan fingerprint density at radius 1 is 0.930 bits per heavy atom. The molecular weight excluding hydrogens is 978 g/mol. The van der Waals surface area contributed by atoms with Gasteiger partial charge in [-0.3, -0.25) is 29.3 Å². The van der Waals surface area contributed by atoms with Crippen LogP contribution in [0.3, 0.4) is 0 Å². The highest BCUT2D eigenvalue weighted by Gasteiger charge is 2.42. The molecule has 71 heavy (non-hydrogen) atoms. The highest BCUT2D eigenvalue weighted by atomic mass is 35.5. The van der Waals surface area contributed by atoms with E-state index >= 15 is 0 Å². The van der Waals surface area contributed by atoms with Crippen LogP contribution < -0.4 is 31.3 Å². The SMILES string of the molecule is CC1(C)C[C@@H](Nc2cccc(-c3sc(C(=O)O)c(OCC(=O)O)c3Cl)c2)CCN1S(=O)(=O)Cc1cccc(NC(=O)CCCCCCNC(=O)CNc2cccc3c2CN(C2CCC(=O)NC2=O)C3=O)c1. The van der Waals surface area contributed by atoms with Crippen LogP contribution in [0.5, 0.6) is 5.75 Å². The van der Waals surface area contributed by atoms with E-state index in [0.717, 1.165) is 24.2 Å².